The summed E-state index contributed by atoms with van der Waals surface area (Å²) in [4.78, 5) is 37.9. The van der Waals surface area contributed by atoms with E-state index in [0.29, 0.717) is 19.3 Å². The van der Waals surface area contributed by atoms with E-state index in [1.807, 2.05) is 0 Å². The van der Waals surface area contributed by atoms with Crippen LogP contribution in [0.15, 0.2) is 24.3 Å². The highest BCUT2D eigenvalue weighted by atomic mass is 16.6. The normalized spacial score (nSPS) is 12.1. The predicted molar refractivity (Wildman–Crippen MR) is 261 cm³/mol. The molecular formula is C55H102O6. The molecule has 0 radical (unpaired) electrons. The third kappa shape index (κ3) is 48.8. The molecule has 0 aromatic rings. The van der Waals surface area contributed by atoms with Crippen LogP contribution in [0.25, 0.3) is 0 Å². The van der Waals surface area contributed by atoms with Crippen molar-refractivity contribution in [3.63, 3.8) is 0 Å². The Morgan fingerprint density at radius 2 is 0.574 bits per heavy atom. The summed E-state index contributed by atoms with van der Waals surface area (Å²) in [6.07, 6.45) is 57.4. The monoisotopic (exact) mass is 859 g/mol. The number of allylic oxidation sites excluding steroid dienone is 4. The van der Waals surface area contributed by atoms with Gasteiger partial charge in [0.25, 0.3) is 0 Å². The van der Waals surface area contributed by atoms with Gasteiger partial charge in [-0.1, -0.05) is 251 Å². The summed E-state index contributed by atoms with van der Waals surface area (Å²) in [7, 11) is 0. The molecule has 0 aliphatic rings. The quantitative estimate of drug-likeness (QED) is 0.0262. The van der Waals surface area contributed by atoms with Crippen LogP contribution in [-0.4, -0.2) is 37.2 Å². The zero-order chi connectivity index (χ0) is 44.4. The van der Waals surface area contributed by atoms with Crippen LogP contribution in [-0.2, 0) is 28.6 Å². The number of rotatable bonds is 49. The number of unbranched alkanes of at least 4 members (excludes halogenated alkanes) is 35. The van der Waals surface area contributed by atoms with E-state index >= 15 is 0 Å². The second-order valence-corrected chi connectivity index (χ2v) is 18.2. The van der Waals surface area contributed by atoms with Gasteiger partial charge in [0.2, 0.25) is 0 Å². The van der Waals surface area contributed by atoms with Gasteiger partial charge >= 0.3 is 17.9 Å². The maximum Gasteiger partial charge on any atom is 0.306 e. The van der Waals surface area contributed by atoms with E-state index in [2.05, 4.69) is 45.1 Å². The maximum absolute atomic E-state index is 12.8. The Bertz CT molecular complexity index is 989. The van der Waals surface area contributed by atoms with Gasteiger partial charge in [-0.15, -0.1) is 0 Å². The van der Waals surface area contributed by atoms with Crippen LogP contribution in [0.3, 0.4) is 0 Å². The Morgan fingerprint density at radius 3 is 0.885 bits per heavy atom. The first-order chi connectivity index (χ1) is 30.0. The van der Waals surface area contributed by atoms with Crippen molar-refractivity contribution in [3.05, 3.63) is 24.3 Å². The topological polar surface area (TPSA) is 78.9 Å². The molecule has 0 saturated heterocycles. The third-order valence-corrected chi connectivity index (χ3v) is 12.0. The van der Waals surface area contributed by atoms with Crippen LogP contribution < -0.4 is 0 Å². The molecule has 6 heteroatoms. The lowest BCUT2D eigenvalue weighted by Crippen LogP contribution is -2.30. The van der Waals surface area contributed by atoms with Gasteiger partial charge in [0, 0.05) is 19.3 Å². The van der Waals surface area contributed by atoms with Gasteiger partial charge in [0.05, 0.1) is 0 Å². The highest BCUT2D eigenvalue weighted by molar-refractivity contribution is 5.71. The van der Waals surface area contributed by atoms with Crippen molar-refractivity contribution in [2.75, 3.05) is 13.2 Å². The Hall–Kier alpha value is -2.11. The number of hydrogen-bond donors (Lipinski definition) is 0. The fourth-order valence-corrected chi connectivity index (χ4v) is 7.91. The van der Waals surface area contributed by atoms with E-state index in [0.717, 1.165) is 70.6 Å². The van der Waals surface area contributed by atoms with Crippen molar-refractivity contribution >= 4 is 17.9 Å². The van der Waals surface area contributed by atoms with Crippen LogP contribution in [0.1, 0.15) is 290 Å². The highest BCUT2D eigenvalue weighted by Crippen LogP contribution is 2.16. The number of carbonyl (C=O) groups excluding carboxylic acids is 3. The van der Waals surface area contributed by atoms with Gasteiger partial charge in [0.1, 0.15) is 13.2 Å². The molecular weight excluding hydrogens is 757 g/mol. The van der Waals surface area contributed by atoms with Crippen LogP contribution >= 0.6 is 0 Å². The summed E-state index contributed by atoms with van der Waals surface area (Å²) in [5, 5.41) is 0. The number of hydrogen-bond acceptors (Lipinski definition) is 6. The molecule has 0 fully saturated rings. The molecule has 0 aliphatic heterocycles. The Morgan fingerprint density at radius 1 is 0.328 bits per heavy atom. The average molecular weight is 859 g/mol. The van der Waals surface area contributed by atoms with E-state index in [-0.39, 0.29) is 31.1 Å². The van der Waals surface area contributed by atoms with Gasteiger partial charge < -0.3 is 14.2 Å². The van der Waals surface area contributed by atoms with Crippen molar-refractivity contribution in [2.45, 2.75) is 297 Å². The average Bonchev–Trinajstić information content (AvgIpc) is 3.26. The molecule has 0 aromatic carbocycles. The largest absolute Gasteiger partial charge is 0.462 e. The highest BCUT2D eigenvalue weighted by Gasteiger charge is 2.19. The zero-order valence-electron chi connectivity index (χ0n) is 40.9. The molecule has 1 atom stereocenters. The summed E-state index contributed by atoms with van der Waals surface area (Å²) in [5.74, 6) is -0.891. The number of esters is 3. The van der Waals surface area contributed by atoms with E-state index < -0.39 is 6.10 Å². The van der Waals surface area contributed by atoms with E-state index in [1.165, 1.54) is 180 Å². The summed E-state index contributed by atoms with van der Waals surface area (Å²) in [5.41, 5.74) is 0. The molecule has 0 spiro atoms. The first-order valence-electron chi connectivity index (χ1n) is 26.9. The molecule has 0 N–H and O–H groups in total. The van der Waals surface area contributed by atoms with Crippen molar-refractivity contribution in [2.24, 2.45) is 0 Å². The fourth-order valence-electron chi connectivity index (χ4n) is 7.91. The molecule has 0 saturated carbocycles. The van der Waals surface area contributed by atoms with Crippen LogP contribution in [0.5, 0.6) is 0 Å². The van der Waals surface area contributed by atoms with Gasteiger partial charge in [-0.2, -0.15) is 0 Å². The summed E-state index contributed by atoms with van der Waals surface area (Å²) in [6, 6.07) is 0. The van der Waals surface area contributed by atoms with E-state index in [4.69, 9.17) is 14.2 Å². The lowest BCUT2D eigenvalue weighted by molar-refractivity contribution is -0.167. The zero-order valence-corrected chi connectivity index (χ0v) is 40.9. The second-order valence-electron chi connectivity index (χ2n) is 18.2. The van der Waals surface area contributed by atoms with Crippen molar-refractivity contribution in [1.82, 2.24) is 0 Å². The van der Waals surface area contributed by atoms with Crippen LogP contribution in [0.2, 0.25) is 0 Å². The fraction of sp³-hybridized carbons (Fsp3) is 0.873. The first kappa shape index (κ1) is 58.9. The standard InChI is InChI=1S/C55H102O6/c1-4-7-10-13-16-19-21-23-25-27-28-30-31-33-36-39-42-45-48-54(57)60-51-52(50-59-53(56)47-44-41-38-35-18-15-12-9-6-3)61-55(58)49-46-43-40-37-34-32-29-26-24-22-20-17-14-11-8-5-2/h26,29,32,34,52H,4-25,27-28,30-31,33,35-51H2,1-3H3/b29-26-,34-32-. The SMILES string of the molecule is CCCCCCCCC/C=C\C=C/CCCCCC(=O)OC(COC(=O)CCCCCCCCCCC)COC(=O)CCCCCCCCCCCCCCCCCCCC. The summed E-state index contributed by atoms with van der Waals surface area (Å²) < 4.78 is 16.8. The van der Waals surface area contributed by atoms with Crippen LogP contribution in [0.4, 0.5) is 0 Å². The smallest absolute Gasteiger partial charge is 0.306 e. The first-order valence-corrected chi connectivity index (χ1v) is 26.9. The lowest BCUT2D eigenvalue weighted by Gasteiger charge is -2.18. The molecule has 61 heavy (non-hydrogen) atoms. The minimum absolute atomic E-state index is 0.0772. The van der Waals surface area contributed by atoms with Crippen molar-refractivity contribution < 1.29 is 28.6 Å². The van der Waals surface area contributed by atoms with Crippen LogP contribution in [0, 0.1) is 0 Å². The molecule has 0 aromatic heterocycles. The van der Waals surface area contributed by atoms with Gasteiger partial charge in [-0.25, -0.2) is 0 Å². The maximum atomic E-state index is 12.8. The Kier molecular flexibility index (Phi) is 48.8. The third-order valence-electron chi connectivity index (χ3n) is 12.0. The second kappa shape index (κ2) is 50.5. The molecule has 1 unspecified atom stereocenters. The number of ether oxygens (including phenoxy) is 3. The molecule has 358 valence electrons. The predicted octanol–water partition coefficient (Wildman–Crippen LogP) is 17.5. The minimum Gasteiger partial charge on any atom is -0.462 e. The van der Waals surface area contributed by atoms with Gasteiger partial charge in [-0.3, -0.25) is 14.4 Å². The molecule has 0 heterocycles. The van der Waals surface area contributed by atoms with Crippen molar-refractivity contribution in [1.29, 1.82) is 0 Å². The van der Waals surface area contributed by atoms with Gasteiger partial charge in [-0.05, 0) is 44.9 Å². The summed E-state index contributed by atoms with van der Waals surface area (Å²) in [6.45, 7) is 6.63. The minimum atomic E-state index is -0.778. The molecule has 0 aliphatic carbocycles. The van der Waals surface area contributed by atoms with E-state index in [9.17, 15) is 14.4 Å². The Balaban J connectivity index is 4.30. The number of carbonyl (C=O) groups is 3. The summed E-state index contributed by atoms with van der Waals surface area (Å²) >= 11 is 0. The Labute approximate surface area is 379 Å². The lowest BCUT2D eigenvalue weighted by atomic mass is 10.0. The molecule has 6 nitrogen and oxygen atoms in total. The molecule has 0 amide bonds. The molecule has 0 rings (SSSR count). The van der Waals surface area contributed by atoms with Crippen molar-refractivity contribution in [3.8, 4) is 0 Å². The molecule has 0 bridgehead atoms. The van der Waals surface area contributed by atoms with Gasteiger partial charge in [0.15, 0.2) is 6.10 Å². The van der Waals surface area contributed by atoms with E-state index in [1.54, 1.807) is 0 Å².